The lowest BCUT2D eigenvalue weighted by atomic mass is 10.2. The molecular formula is C17H23ClIN5OS. The maximum absolute atomic E-state index is 11.8. The molecule has 2 heterocycles. The third-order valence-corrected chi connectivity index (χ3v) is 4.49. The summed E-state index contributed by atoms with van der Waals surface area (Å²) in [4.78, 5) is 20.8. The van der Waals surface area contributed by atoms with Gasteiger partial charge in [0.25, 0.3) is 5.91 Å². The summed E-state index contributed by atoms with van der Waals surface area (Å²) in [5.74, 6) is 0.723. The van der Waals surface area contributed by atoms with Crippen LogP contribution >= 0.6 is 46.9 Å². The number of carbonyl (C=O) groups excluding carboxylic acids is 1. The molecule has 0 aromatic carbocycles. The van der Waals surface area contributed by atoms with Gasteiger partial charge in [0.2, 0.25) is 0 Å². The van der Waals surface area contributed by atoms with Crippen LogP contribution in [0.5, 0.6) is 0 Å². The average molecular weight is 508 g/mol. The van der Waals surface area contributed by atoms with Crippen molar-refractivity contribution in [2.45, 2.75) is 12.8 Å². The van der Waals surface area contributed by atoms with Crippen molar-refractivity contribution < 1.29 is 4.79 Å². The molecule has 142 valence electrons. The number of guanidine groups is 1. The first-order valence-corrected chi connectivity index (χ1v) is 9.31. The third kappa shape index (κ3) is 8.33. The van der Waals surface area contributed by atoms with Gasteiger partial charge in [-0.25, -0.2) is 4.98 Å². The van der Waals surface area contributed by atoms with Crippen LogP contribution in [0.1, 0.15) is 21.7 Å². The number of halogens is 2. The number of aromatic nitrogens is 1. The van der Waals surface area contributed by atoms with Crippen molar-refractivity contribution in [3.8, 4) is 0 Å². The number of carbonyl (C=O) groups is 1. The maximum atomic E-state index is 11.8. The zero-order chi connectivity index (χ0) is 17.9. The van der Waals surface area contributed by atoms with Gasteiger partial charge in [-0.15, -0.1) is 35.3 Å². The molecule has 2 rings (SSSR count). The molecule has 1 amide bonds. The van der Waals surface area contributed by atoms with Gasteiger partial charge in [0.05, 0.1) is 4.88 Å². The molecule has 0 aliphatic rings. The zero-order valence-corrected chi connectivity index (χ0v) is 18.4. The van der Waals surface area contributed by atoms with Gasteiger partial charge in [-0.3, -0.25) is 9.79 Å². The lowest BCUT2D eigenvalue weighted by Crippen LogP contribution is -2.39. The minimum Gasteiger partial charge on any atom is -0.356 e. The predicted octanol–water partition coefficient (Wildman–Crippen LogP) is 2.94. The van der Waals surface area contributed by atoms with Crippen molar-refractivity contribution in [3.63, 3.8) is 0 Å². The summed E-state index contributed by atoms with van der Waals surface area (Å²) >= 11 is 7.21. The van der Waals surface area contributed by atoms with Crippen molar-refractivity contribution in [2.24, 2.45) is 4.99 Å². The number of pyridine rings is 1. The first kappa shape index (κ1) is 22.7. The Morgan fingerprint density at radius 1 is 1.19 bits per heavy atom. The standard InChI is InChI=1S/C17H22ClN5OS.HI/c1-19-17(22-10-7-13-5-6-15(18)23-12-13)21-9-3-8-20-16(24)14-4-2-11-25-14;/h2,4-6,11-12H,3,7-10H2,1H3,(H,20,24)(H2,19,21,22);1H. The van der Waals surface area contributed by atoms with Crippen LogP contribution in [-0.2, 0) is 6.42 Å². The minimum atomic E-state index is -0.0194. The lowest BCUT2D eigenvalue weighted by molar-refractivity contribution is 0.0957. The van der Waals surface area contributed by atoms with E-state index < -0.39 is 0 Å². The van der Waals surface area contributed by atoms with Crippen LogP contribution in [0.4, 0.5) is 0 Å². The second kappa shape index (κ2) is 12.9. The molecule has 3 N–H and O–H groups in total. The van der Waals surface area contributed by atoms with E-state index in [9.17, 15) is 4.79 Å². The number of nitrogens with zero attached hydrogens (tertiary/aromatic N) is 2. The Bertz CT molecular complexity index is 679. The van der Waals surface area contributed by atoms with Crippen molar-refractivity contribution >= 4 is 58.8 Å². The topological polar surface area (TPSA) is 78.4 Å². The van der Waals surface area contributed by atoms with Crippen molar-refractivity contribution in [1.82, 2.24) is 20.9 Å². The molecule has 0 spiro atoms. The fourth-order valence-electron chi connectivity index (χ4n) is 2.09. The van der Waals surface area contributed by atoms with Crippen LogP contribution in [-0.4, -0.2) is 43.5 Å². The molecule has 2 aromatic rings. The molecular weight excluding hydrogens is 485 g/mol. The van der Waals surface area contributed by atoms with Crippen LogP contribution in [0.3, 0.4) is 0 Å². The summed E-state index contributed by atoms with van der Waals surface area (Å²) in [7, 11) is 1.73. The highest BCUT2D eigenvalue weighted by Crippen LogP contribution is 2.07. The molecule has 0 aliphatic carbocycles. The first-order chi connectivity index (χ1) is 12.2. The van der Waals surface area contributed by atoms with Crippen LogP contribution in [0.25, 0.3) is 0 Å². The number of aliphatic imine (C=N–C) groups is 1. The highest BCUT2D eigenvalue weighted by atomic mass is 127. The van der Waals surface area contributed by atoms with Crippen LogP contribution in [0.15, 0.2) is 40.8 Å². The summed E-state index contributed by atoms with van der Waals surface area (Å²) < 4.78 is 0. The number of nitrogens with one attached hydrogen (secondary N) is 3. The Hall–Kier alpha value is -1.39. The van der Waals surface area contributed by atoms with Crippen LogP contribution in [0.2, 0.25) is 5.15 Å². The largest absolute Gasteiger partial charge is 0.356 e. The highest BCUT2D eigenvalue weighted by molar-refractivity contribution is 14.0. The first-order valence-electron chi connectivity index (χ1n) is 8.05. The molecule has 0 fully saturated rings. The number of rotatable bonds is 8. The number of thiophene rings is 1. The molecule has 26 heavy (non-hydrogen) atoms. The van der Waals surface area contributed by atoms with E-state index in [0.29, 0.717) is 11.7 Å². The van der Waals surface area contributed by atoms with E-state index >= 15 is 0 Å². The highest BCUT2D eigenvalue weighted by Gasteiger charge is 2.04. The van der Waals surface area contributed by atoms with Gasteiger partial charge < -0.3 is 16.0 Å². The molecule has 0 atom stereocenters. The van der Waals surface area contributed by atoms with Crippen LogP contribution in [0, 0.1) is 0 Å². The number of hydrogen-bond acceptors (Lipinski definition) is 4. The van der Waals surface area contributed by atoms with E-state index in [1.54, 1.807) is 19.3 Å². The normalized spacial score (nSPS) is 10.8. The Kier molecular flexibility index (Phi) is 11.2. The van der Waals surface area contributed by atoms with Gasteiger partial charge in [-0.2, -0.15) is 0 Å². The molecule has 0 aliphatic heterocycles. The molecule has 2 aromatic heterocycles. The predicted molar refractivity (Wildman–Crippen MR) is 119 cm³/mol. The second-order valence-electron chi connectivity index (χ2n) is 5.25. The van der Waals surface area contributed by atoms with Crippen molar-refractivity contribution in [1.29, 1.82) is 0 Å². The van der Waals surface area contributed by atoms with Gasteiger partial charge in [0, 0.05) is 32.9 Å². The number of amides is 1. The molecule has 0 radical (unpaired) electrons. The van der Waals surface area contributed by atoms with E-state index in [1.807, 2.05) is 23.6 Å². The molecule has 0 saturated carbocycles. The Morgan fingerprint density at radius 3 is 2.62 bits per heavy atom. The summed E-state index contributed by atoms with van der Waals surface area (Å²) in [6.07, 6.45) is 3.43. The van der Waals surface area contributed by atoms with E-state index in [4.69, 9.17) is 11.6 Å². The van der Waals surface area contributed by atoms with E-state index in [2.05, 4.69) is 25.9 Å². The average Bonchev–Trinajstić information content (AvgIpc) is 3.16. The lowest BCUT2D eigenvalue weighted by Gasteiger charge is -2.12. The Balaban J connectivity index is 0.00000338. The SMILES string of the molecule is CN=C(NCCCNC(=O)c1cccs1)NCCc1ccc(Cl)nc1.I. The molecule has 0 bridgehead atoms. The fraction of sp³-hybridized carbons (Fsp3) is 0.353. The number of hydrogen-bond donors (Lipinski definition) is 3. The van der Waals surface area contributed by atoms with Gasteiger partial charge in [-0.1, -0.05) is 23.7 Å². The molecule has 0 unspecified atom stereocenters. The summed E-state index contributed by atoms with van der Waals surface area (Å²) in [6, 6.07) is 7.44. The monoisotopic (exact) mass is 507 g/mol. The van der Waals surface area contributed by atoms with Gasteiger partial charge >= 0.3 is 0 Å². The van der Waals surface area contributed by atoms with Crippen LogP contribution < -0.4 is 16.0 Å². The fourth-order valence-corrected chi connectivity index (χ4v) is 2.84. The van der Waals surface area contributed by atoms with Gasteiger partial charge in [-0.05, 0) is 35.9 Å². The summed E-state index contributed by atoms with van der Waals surface area (Å²) in [5, 5.41) is 11.8. The minimum absolute atomic E-state index is 0. The van der Waals surface area contributed by atoms with E-state index in [-0.39, 0.29) is 29.9 Å². The van der Waals surface area contributed by atoms with Crippen molar-refractivity contribution in [3.05, 3.63) is 51.4 Å². The molecule has 0 saturated heterocycles. The smallest absolute Gasteiger partial charge is 0.261 e. The van der Waals surface area contributed by atoms with Crippen molar-refractivity contribution in [2.75, 3.05) is 26.7 Å². The molecule has 6 nitrogen and oxygen atoms in total. The van der Waals surface area contributed by atoms with Gasteiger partial charge in [0.15, 0.2) is 5.96 Å². The third-order valence-electron chi connectivity index (χ3n) is 3.39. The Labute approximate surface area is 179 Å². The van der Waals surface area contributed by atoms with E-state index in [1.165, 1.54) is 11.3 Å². The molecule has 9 heteroatoms. The quantitative estimate of drug-likeness (QED) is 0.169. The van der Waals surface area contributed by atoms with E-state index in [0.717, 1.165) is 42.3 Å². The summed E-state index contributed by atoms with van der Waals surface area (Å²) in [5.41, 5.74) is 1.11. The Morgan fingerprint density at radius 2 is 1.96 bits per heavy atom. The second-order valence-corrected chi connectivity index (χ2v) is 6.59. The maximum Gasteiger partial charge on any atom is 0.261 e. The zero-order valence-electron chi connectivity index (χ0n) is 14.5. The van der Waals surface area contributed by atoms with Gasteiger partial charge in [0.1, 0.15) is 5.15 Å². The summed E-state index contributed by atoms with van der Waals surface area (Å²) in [6.45, 7) is 2.10.